The van der Waals surface area contributed by atoms with E-state index in [0.717, 1.165) is 13.1 Å². The zero-order valence-corrected chi connectivity index (χ0v) is 8.05. The first-order valence-corrected chi connectivity index (χ1v) is 4.97. The van der Waals surface area contributed by atoms with Gasteiger partial charge in [-0.05, 0) is 19.4 Å². The van der Waals surface area contributed by atoms with Crippen LogP contribution in [0.1, 0.15) is 26.2 Å². The second-order valence-corrected chi connectivity index (χ2v) is 3.47. The van der Waals surface area contributed by atoms with E-state index < -0.39 is 0 Å². The van der Waals surface area contributed by atoms with Crippen LogP contribution < -0.4 is 5.73 Å². The largest absolute Gasteiger partial charge is 0.327 e. The van der Waals surface area contributed by atoms with E-state index in [2.05, 4.69) is 17.9 Å². The SMILES string of the molecule is CCCCN1CC=C(CN)CC1. The van der Waals surface area contributed by atoms with Crippen LogP contribution >= 0.6 is 0 Å². The van der Waals surface area contributed by atoms with Crippen LogP contribution in [0.25, 0.3) is 0 Å². The molecule has 70 valence electrons. The molecule has 0 atom stereocenters. The molecule has 0 aromatic carbocycles. The molecule has 1 heterocycles. The predicted molar refractivity (Wildman–Crippen MR) is 53.1 cm³/mol. The smallest absolute Gasteiger partial charge is 0.0166 e. The van der Waals surface area contributed by atoms with Crippen molar-refractivity contribution in [3.05, 3.63) is 11.6 Å². The second-order valence-electron chi connectivity index (χ2n) is 3.47. The van der Waals surface area contributed by atoms with E-state index in [0.29, 0.717) is 0 Å². The monoisotopic (exact) mass is 168 g/mol. The number of nitrogens with zero attached hydrogens (tertiary/aromatic N) is 1. The van der Waals surface area contributed by atoms with Gasteiger partial charge in [-0.1, -0.05) is 25.0 Å². The predicted octanol–water partition coefficient (Wildman–Crippen LogP) is 1.38. The molecule has 0 spiro atoms. The summed E-state index contributed by atoms with van der Waals surface area (Å²) in [6.45, 7) is 6.58. The molecule has 0 aromatic rings. The first-order valence-electron chi connectivity index (χ1n) is 4.97. The lowest BCUT2D eigenvalue weighted by molar-refractivity contribution is 0.288. The summed E-state index contributed by atoms with van der Waals surface area (Å²) in [5.74, 6) is 0. The van der Waals surface area contributed by atoms with E-state index in [1.807, 2.05) is 0 Å². The topological polar surface area (TPSA) is 29.3 Å². The molecule has 2 nitrogen and oxygen atoms in total. The quantitative estimate of drug-likeness (QED) is 0.643. The molecule has 0 saturated heterocycles. The highest BCUT2D eigenvalue weighted by Gasteiger charge is 2.08. The maximum Gasteiger partial charge on any atom is 0.0166 e. The molecule has 0 bridgehead atoms. The molecule has 2 heteroatoms. The molecular weight excluding hydrogens is 148 g/mol. The Bertz CT molecular complexity index is 152. The molecular formula is C10H20N2. The Morgan fingerprint density at radius 3 is 2.92 bits per heavy atom. The lowest BCUT2D eigenvalue weighted by Gasteiger charge is -2.25. The summed E-state index contributed by atoms with van der Waals surface area (Å²) in [6, 6.07) is 0. The van der Waals surface area contributed by atoms with Gasteiger partial charge >= 0.3 is 0 Å². The average Bonchev–Trinajstić information content (AvgIpc) is 2.15. The fraction of sp³-hybridized carbons (Fsp3) is 0.800. The Labute approximate surface area is 75.4 Å². The third-order valence-corrected chi connectivity index (χ3v) is 2.48. The Morgan fingerprint density at radius 1 is 1.58 bits per heavy atom. The number of unbranched alkanes of at least 4 members (excludes halogenated alkanes) is 1. The van der Waals surface area contributed by atoms with Gasteiger partial charge in [-0.15, -0.1) is 0 Å². The summed E-state index contributed by atoms with van der Waals surface area (Å²) in [5, 5.41) is 0. The lowest BCUT2D eigenvalue weighted by Crippen LogP contribution is -2.30. The van der Waals surface area contributed by atoms with Crippen molar-refractivity contribution in [2.75, 3.05) is 26.2 Å². The van der Waals surface area contributed by atoms with Gasteiger partial charge in [-0.2, -0.15) is 0 Å². The molecule has 12 heavy (non-hydrogen) atoms. The van der Waals surface area contributed by atoms with E-state index >= 15 is 0 Å². The highest BCUT2D eigenvalue weighted by molar-refractivity contribution is 5.08. The second kappa shape index (κ2) is 5.33. The number of hydrogen-bond acceptors (Lipinski definition) is 2. The lowest BCUT2D eigenvalue weighted by atomic mass is 10.1. The van der Waals surface area contributed by atoms with Gasteiger partial charge in [0.05, 0.1) is 0 Å². The number of hydrogen-bond donors (Lipinski definition) is 1. The average molecular weight is 168 g/mol. The van der Waals surface area contributed by atoms with E-state index in [1.54, 1.807) is 0 Å². The van der Waals surface area contributed by atoms with Crippen LogP contribution in [-0.2, 0) is 0 Å². The van der Waals surface area contributed by atoms with Crippen LogP contribution in [0.5, 0.6) is 0 Å². The molecule has 1 aliphatic heterocycles. The molecule has 1 aliphatic rings. The van der Waals surface area contributed by atoms with Gasteiger partial charge < -0.3 is 5.73 Å². The highest BCUT2D eigenvalue weighted by atomic mass is 15.1. The van der Waals surface area contributed by atoms with Crippen molar-refractivity contribution in [1.82, 2.24) is 4.90 Å². The van der Waals surface area contributed by atoms with E-state index in [1.165, 1.54) is 37.9 Å². The van der Waals surface area contributed by atoms with Crippen molar-refractivity contribution >= 4 is 0 Å². The molecule has 1 rings (SSSR count). The Morgan fingerprint density at radius 2 is 2.42 bits per heavy atom. The van der Waals surface area contributed by atoms with Crippen LogP contribution in [0.2, 0.25) is 0 Å². The third-order valence-electron chi connectivity index (χ3n) is 2.48. The zero-order chi connectivity index (χ0) is 8.81. The van der Waals surface area contributed by atoms with Gasteiger partial charge in [-0.3, -0.25) is 4.90 Å². The molecule has 0 aliphatic carbocycles. The van der Waals surface area contributed by atoms with Gasteiger partial charge in [0.15, 0.2) is 0 Å². The van der Waals surface area contributed by atoms with Crippen molar-refractivity contribution in [1.29, 1.82) is 0 Å². The van der Waals surface area contributed by atoms with Crippen LogP contribution in [-0.4, -0.2) is 31.1 Å². The minimum Gasteiger partial charge on any atom is -0.327 e. The standard InChI is InChI=1S/C10H20N2/c1-2-3-6-12-7-4-10(9-11)5-8-12/h4H,2-3,5-9,11H2,1H3. The maximum absolute atomic E-state index is 5.56. The van der Waals surface area contributed by atoms with Crippen LogP contribution in [0, 0.1) is 0 Å². The minimum absolute atomic E-state index is 0.752. The number of nitrogens with two attached hydrogens (primary N) is 1. The zero-order valence-electron chi connectivity index (χ0n) is 8.05. The molecule has 0 radical (unpaired) electrons. The number of rotatable bonds is 4. The molecule has 0 aromatic heterocycles. The van der Waals surface area contributed by atoms with Crippen LogP contribution in [0.4, 0.5) is 0 Å². The molecule has 0 saturated carbocycles. The summed E-state index contributed by atoms with van der Waals surface area (Å²) in [4.78, 5) is 2.50. The summed E-state index contributed by atoms with van der Waals surface area (Å²) in [5.41, 5.74) is 7.00. The van der Waals surface area contributed by atoms with E-state index in [9.17, 15) is 0 Å². The summed E-state index contributed by atoms with van der Waals surface area (Å²) < 4.78 is 0. The Kier molecular flexibility index (Phi) is 4.33. The van der Waals surface area contributed by atoms with Gasteiger partial charge in [0, 0.05) is 19.6 Å². The van der Waals surface area contributed by atoms with Crippen molar-refractivity contribution in [2.45, 2.75) is 26.2 Å². The first-order chi connectivity index (χ1) is 5.86. The fourth-order valence-corrected chi connectivity index (χ4v) is 1.52. The Balaban J connectivity index is 2.21. The van der Waals surface area contributed by atoms with Gasteiger partial charge in [0.1, 0.15) is 0 Å². The van der Waals surface area contributed by atoms with Crippen LogP contribution in [0.3, 0.4) is 0 Å². The van der Waals surface area contributed by atoms with Gasteiger partial charge in [0.2, 0.25) is 0 Å². The van der Waals surface area contributed by atoms with Crippen molar-refractivity contribution in [3.63, 3.8) is 0 Å². The summed E-state index contributed by atoms with van der Waals surface area (Å²) in [6.07, 6.45) is 6.09. The minimum atomic E-state index is 0.752. The van der Waals surface area contributed by atoms with Crippen molar-refractivity contribution in [3.8, 4) is 0 Å². The molecule has 0 fully saturated rings. The van der Waals surface area contributed by atoms with E-state index in [4.69, 9.17) is 5.73 Å². The fourth-order valence-electron chi connectivity index (χ4n) is 1.52. The first kappa shape index (κ1) is 9.75. The molecule has 2 N–H and O–H groups in total. The van der Waals surface area contributed by atoms with Crippen molar-refractivity contribution in [2.24, 2.45) is 5.73 Å². The summed E-state index contributed by atoms with van der Waals surface area (Å²) in [7, 11) is 0. The third kappa shape index (κ3) is 2.95. The molecule has 0 unspecified atom stereocenters. The van der Waals surface area contributed by atoms with Crippen molar-refractivity contribution < 1.29 is 0 Å². The molecule has 0 amide bonds. The Hall–Kier alpha value is -0.340. The highest BCUT2D eigenvalue weighted by Crippen LogP contribution is 2.09. The normalized spacial score (nSPS) is 19.3. The summed E-state index contributed by atoms with van der Waals surface area (Å²) >= 11 is 0. The van der Waals surface area contributed by atoms with Crippen LogP contribution in [0.15, 0.2) is 11.6 Å². The van der Waals surface area contributed by atoms with E-state index in [-0.39, 0.29) is 0 Å². The maximum atomic E-state index is 5.56. The van der Waals surface area contributed by atoms with Gasteiger partial charge in [0.25, 0.3) is 0 Å². The van der Waals surface area contributed by atoms with Gasteiger partial charge in [-0.25, -0.2) is 0 Å².